The molecule has 0 fully saturated rings. The van der Waals surface area contributed by atoms with E-state index in [4.69, 9.17) is 10.00 Å². The van der Waals surface area contributed by atoms with Crippen LogP contribution in [0.4, 0.5) is 5.69 Å². The lowest BCUT2D eigenvalue weighted by atomic mass is 9.90. The maximum absolute atomic E-state index is 8.97. The van der Waals surface area contributed by atoms with E-state index in [0.717, 1.165) is 30.8 Å². The average molecular weight is 246 g/mol. The van der Waals surface area contributed by atoms with Crippen molar-refractivity contribution in [2.24, 2.45) is 5.41 Å². The van der Waals surface area contributed by atoms with Crippen molar-refractivity contribution in [3.63, 3.8) is 0 Å². The SMILES string of the molecule is COc1ccccc1N(C)CCCC(C)(C)C#N. The van der Waals surface area contributed by atoms with Crippen molar-refractivity contribution in [3.8, 4) is 11.8 Å². The molecule has 0 N–H and O–H groups in total. The van der Waals surface area contributed by atoms with Crippen LogP contribution in [0.1, 0.15) is 26.7 Å². The minimum absolute atomic E-state index is 0.235. The Hall–Kier alpha value is -1.69. The number of nitrogens with zero attached hydrogens (tertiary/aromatic N) is 2. The smallest absolute Gasteiger partial charge is 0.142 e. The molecule has 0 unspecified atom stereocenters. The summed E-state index contributed by atoms with van der Waals surface area (Å²) in [6.07, 6.45) is 1.90. The summed E-state index contributed by atoms with van der Waals surface area (Å²) in [7, 11) is 3.74. The van der Waals surface area contributed by atoms with E-state index in [9.17, 15) is 0 Å². The van der Waals surface area contributed by atoms with Gasteiger partial charge in [0.25, 0.3) is 0 Å². The van der Waals surface area contributed by atoms with E-state index in [0.29, 0.717) is 0 Å². The molecule has 1 aromatic carbocycles. The highest BCUT2D eigenvalue weighted by atomic mass is 16.5. The highest BCUT2D eigenvalue weighted by Crippen LogP contribution is 2.27. The topological polar surface area (TPSA) is 36.3 Å². The van der Waals surface area contributed by atoms with E-state index < -0.39 is 0 Å². The quantitative estimate of drug-likeness (QED) is 0.771. The van der Waals surface area contributed by atoms with Gasteiger partial charge in [0.2, 0.25) is 0 Å². The Morgan fingerprint density at radius 2 is 2.00 bits per heavy atom. The van der Waals surface area contributed by atoms with Crippen LogP contribution in [-0.4, -0.2) is 20.7 Å². The van der Waals surface area contributed by atoms with Crippen molar-refractivity contribution in [2.75, 3.05) is 25.6 Å². The van der Waals surface area contributed by atoms with Gasteiger partial charge in [-0.3, -0.25) is 0 Å². The van der Waals surface area contributed by atoms with Gasteiger partial charge in [0.15, 0.2) is 0 Å². The molecule has 0 heterocycles. The summed E-state index contributed by atoms with van der Waals surface area (Å²) in [5.41, 5.74) is 0.858. The third-order valence-electron chi connectivity index (χ3n) is 3.09. The van der Waals surface area contributed by atoms with Crippen LogP contribution in [-0.2, 0) is 0 Å². The number of hydrogen-bond donors (Lipinski definition) is 0. The van der Waals surface area contributed by atoms with Gasteiger partial charge in [-0.2, -0.15) is 5.26 Å². The Morgan fingerprint density at radius 3 is 2.61 bits per heavy atom. The van der Waals surface area contributed by atoms with Crippen LogP contribution < -0.4 is 9.64 Å². The summed E-state index contributed by atoms with van der Waals surface area (Å²) in [6, 6.07) is 10.3. The summed E-state index contributed by atoms with van der Waals surface area (Å²) in [5.74, 6) is 0.888. The molecule has 0 saturated carbocycles. The largest absolute Gasteiger partial charge is 0.495 e. The molecule has 98 valence electrons. The highest BCUT2D eigenvalue weighted by molar-refractivity contribution is 5.57. The highest BCUT2D eigenvalue weighted by Gasteiger charge is 2.16. The minimum Gasteiger partial charge on any atom is -0.495 e. The Labute approximate surface area is 110 Å². The second-order valence-corrected chi connectivity index (χ2v) is 5.19. The van der Waals surface area contributed by atoms with Crippen molar-refractivity contribution in [1.82, 2.24) is 0 Å². The average Bonchev–Trinajstić information content (AvgIpc) is 2.38. The first-order chi connectivity index (χ1) is 8.50. The molecular weight excluding hydrogens is 224 g/mol. The van der Waals surface area contributed by atoms with Crippen LogP contribution in [0.25, 0.3) is 0 Å². The fourth-order valence-corrected chi connectivity index (χ4v) is 1.88. The molecule has 0 amide bonds. The third-order valence-corrected chi connectivity index (χ3v) is 3.09. The van der Waals surface area contributed by atoms with Crippen molar-refractivity contribution >= 4 is 5.69 Å². The summed E-state index contributed by atoms with van der Waals surface area (Å²) in [5, 5.41) is 8.97. The Kier molecular flexibility index (Phi) is 5.03. The van der Waals surface area contributed by atoms with Crippen molar-refractivity contribution in [2.45, 2.75) is 26.7 Å². The van der Waals surface area contributed by atoms with E-state index in [1.54, 1.807) is 7.11 Å². The van der Waals surface area contributed by atoms with Gasteiger partial charge in [0, 0.05) is 13.6 Å². The van der Waals surface area contributed by atoms with Gasteiger partial charge < -0.3 is 9.64 Å². The first-order valence-electron chi connectivity index (χ1n) is 6.25. The van der Waals surface area contributed by atoms with Crippen LogP contribution in [0.15, 0.2) is 24.3 Å². The predicted octanol–water partition coefficient (Wildman–Crippen LogP) is 3.46. The number of hydrogen-bond acceptors (Lipinski definition) is 3. The van der Waals surface area contributed by atoms with Gasteiger partial charge in [0.1, 0.15) is 5.75 Å². The second kappa shape index (κ2) is 6.30. The zero-order valence-electron chi connectivity index (χ0n) is 11.7. The normalized spacial score (nSPS) is 10.8. The van der Waals surface area contributed by atoms with Crippen molar-refractivity contribution < 1.29 is 4.74 Å². The molecule has 0 aromatic heterocycles. The fourth-order valence-electron chi connectivity index (χ4n) is 1.88. The van der Waals surface area contributed by atoms with Gasteiger partial charge in [-0.25, -0.2) is 0 Å². The van der Waals surface area contributed by atoms with Crippen LogP contribution in [0.2, 0.25) is 0 Å². The van der Waals surface area contributed by atoms with Gasteiger partial charge in [0.05, 0.1) is 24.3 Å². The van der Waals surface area contributed by atoms with Crippen molar-refractivity contribution in [1.29, 1.82) is 5.26 Å². The number of ether oxygens (including phenoxy) is 1. The first kappa shape index (κ1) is 14.4. The lowest BCUT2D eigenvalue weighted by molar-refractivity contribution is 0.413. The number of nitriles is 1. The van der Waals surface area contributed by atoms with E-state index in [1.165, 1.54) is 0 Å². The van der Waals surface area contributed by atoms with E-state index in [-0.39, 0.29) is 5.41 Å². The molecule has 0 radical (unpaired) electrons. The fraction of sp³-hybridized carbons (Fsp3) is 0.533. The summed E-state index contributed by atoms with van der Waals surface area (Å²) in [4.78, 5) is 2.17. The number of rotatable bonds is 6. The Bertz CT molecular complexity index is 421. The van der Waals surface area contributed by atoms with E-state index in [1.807, 2.05) is 38.1 Å². The molecule has 1 aromatic rings. The van der Waals surface area contributed by atoms with Gasteiger partial charge in [-0.05, 0) is 38.8 Å². The molecule has 0 aliphatic carbocycles. The lowest BCUT2D eigenvalue weighted by Crippen LogP contribution is -2.21. The van der Waals surface area contributed by atoms with Crippen LogP contribution in [0.5, 0.6) is 5.75 Å². The number of methoxy groups -OCH3 is 1. The second-order valence-electron chi connectivity index (χ2n) is 5.19. The Morgan fingerprint density at radius 1 is 1.33 bits per heavy atom. The zero-order chi connectivity index (χ0) is 13.6. The monoisotopic (exact) mass is 246 g/mol. The lowest BCUT2D eigenvalue weighted by Gasteiger charge is -2.23. The zero-order valence-corrected chi connectivity index (χ0v) is 11.7. The molecule has 0 spiro atoms. The third kappa shape index (κ3) is 3.96. The van der Waals surface area contributed by atoms with E-state index in [2.05, 4.69) is 18.0 Å². The molecule has 3 nitrogen and oxygen atoms in total. The predicted molar refractivity (Wildman–Crippen MR) is 74.9 cm³/mol. The van der Waals surface area contributed by atoms with Gasteiger partial charge >= 0.3 is 0 Å². The molecule has 1 rings (SSSR count). The van der Waals surface area contributed by atoms with Crippen LogP contribution in [0.3, 0.4) is 0 Å². The van der Waals surface area contributed by atoms with Crippen molar-refractivity contribution in [3.05, 3.63) is 24.3 Å². The van der Waals surface area contributed by atoms with E-state index >= 15 is 0 Å². The maximum atomic E-state index is 8.97. The van der Waals surface area contributed by atoms with Gasteiger partial charge in [-0.1, -0.05) is 12.1 Å². The molecule has 0 bridgehead atoms. The minimum atomic E-state index is -0.235. The molecule has 0 aliphatic rings. The number of benzene rings is 1. The molecule has 0 atom stereocenters. The summed E-state index contributed by atoms with van der Waals surface area (Å²) < 4.78 is 5.34. The number of anilines is 1. The molecule has 0 aliphatic heterocycles. The first-order valence-corrected chi connectivity index (χ1v) is 6.25. The number of para-hydroxylation sites is 2. The standard InChI is InChI=1S/C15H22N2O/c1-15(2,12-16)10-7-11-17(3)13-8-5-6-9-14(13)18-4/h5-6,8-9H,7,10-11H2,1-4H3. The molecule has 3 heteroatoms. The Balaban J connectivity index is 2.56. The molecular formula is C15H22N2O. The van der Waals surface area contributed by atoms with Crippen LogP contribution in [0, 0.1) is 16.7 Å². The molecule has 0 saturated heterocycles. The summed E-state index contributed by atoms with van der Waals surface area (Å²) in [6.45, 7) is 4.89. The summed E-state index contributed by atoms with van der Waals surface area (Å²) >= 11 is 0. The van der Waals surface area contributed by atoms with Crippen LogP contribution >= 0.6 is 0 Å². The van der Waals surface area contributed by atoms with Gasteiger partial charge in [-0.15, -0.1) is 0 Å². The molecule has 18 heavy (non-hydrogen) atoms. The maximum Gasteiger partial charge on any atom is 0.142 e.